The lowest BCUT2D eigenvalue weighted by atomic mass is 9.93. The van der Waals surface area contributed by atoms with E-state index in [0.717, 1.165) is 59.7 Å². The van der Waals surface area contributed by atoms with Gasteiger partial charge in [0.15, 0.2) is 0 Å². The lowest BCUT2D eigenvalue weighted by Crippen LogP contribution is -2.44. The molecule has 5 rings (SSSR count). The van der Waals surface area contributed by atoms with E-state index < -0.39 is 18.8 Å². The van der Waals surface area contributed by atoms with Gasteiger partial charge in [-0.05, 0) is 66.8 Å². The van der Waals surface area contributed by atoms with E-state index in [2.05, 4.69) is 45.8 Å². The van der Waals surface area contributed by atoms with Gasteiger partial charge in [0, 0.05) is 37.1 Å². The molecule has 0 bridgehead atoms. The minimum atomic E-state index is -0.995. The molecule has 0 saturated carbocycles. The van der Waals surface area contributed by atoms with E-state index in [1.807, 2.05) is 59.3 Å². The number of aliphatic hydroxyl groups is 2. The number of anilines is 2. The number of pyridine rings is 1. The molecule has 6 N–H and O–H groups in total. The zero-order valence-corrected chi connectivity index (χ0v) is 24.8. The Morgan fingerprint density at radius 3 is 2.82 bits per heavy atom. The first-order chi connectivity index (χ1) is 21.4. The number of carbonyl (C=O) groups excluding carboxylic acids is 1. The second-order valence-corrected chi connectivity index (χ2v) is 10.7. The topological polar surface area (TPSA) is 146 Å². The summed E-state index contributed by atoms with van der Waals surface area (Å²) < 4.78 is 7.79. The molecule has 2 aromatic heterocycles. The van der Waals surface area contributed by atoms with Crippen molar-refractivity contribution in [2.24, 2.45) is 0 Å². The SMILES string of the molecule is C=C(Nc1cccc(Oc2cccnc2)c1)Nc1cc(CCCC)nn1-c1ccc2c(c1)CCNC2C(=O)NCC(O)CO. The molecule has 0 spiro atoms. The molecule has 0 radical (unpaired) electrons. The van der Waals surface area contributed by atoms with E-state index in [-0.39, 0.29) is 12.5 Å². The smallest absolute Gasteiger partial charge is 0.241 e. The lowest BCUT2D eigenvalue weighted by molar-refractivity contribution is -0.124. The number of fused-ring (bicyclic) bond motifs is 1. The number of nitrogens with one attached hydrogen (secondary N) is 4. The molecule has 0 aliphatic carbocycles. The molecule has 2 aromatic carbocycles. The third-order valence-corrected chi connectivity index (χ3v) is 7.23. The van der Waals surface area contributed by atoms with Gasteiger partial charge in [-0.1, -0.05) is 32.1 Å². The quantitative estimate of drug-likeness (QED) is 0.127. The Morgan fingerprint density at radius 1 is 1.16 bits per heavy atom. The molecule has 2 atom stereocenters. The van der Waals surface area contributed by atoms with Crippen molar-refractivity contribution in [1.29, 1.82) is 0 Å². The van der Waals surface area contributed by atoms with Gasteiger partial charge in [0.1, 0.15) is 29.2 Å². The summed E-state index contributed by atoms with van der Waals surface area (Å²) in [6, 6.07) is 18.7. The van der Waals surface area contributed by atoms with Crippen molar-refractivity contribution in [3.05, 3.63) is 102 Å². The van der Waals surface area contributed by atoms with Crippen LogP contribution in [0, 0.1) is 0 Å². The monoisotopic (exact) mass is 597 g/mol. The largest absolute Gasteiger partial charge is 0.456 e. The predicted molar refractivity (Wildman–Crippen MR) is 170 cm³/mol. The summed E-state index contributed by atoms with van der Waals surface area (Å²) in [5, 5.41) is 36.3. The molecule has 4 aromatic rings. The van der Waals surface area contributed by atoms with Crippen LogP contribution in [-0.2, 0) is 17.6 Å². The maximum atomic E-state index is 12.9. The molecule has 11 heteroatoms. The van der Waals surface area contributed by atoms with Gasteiger partial charge < -0.3 is 36.2 Å². The second-order valence-electron chi connectivity index (χ2n) is 10.7. The van der Waals surface area contributed by atoms with E-state index in [4.69, 9.17) is 14.9 Å². The molecule has 11 nitrogen and oxygen atoms in total. The fourth-order valence-corrected chi connectivity index (χ4v) is 5.04. The molecule has 0 fully saturated rings. The van der Waals surface area contributed by atoms with E-state index >= 15 is 0 Å². The first kappa shape index (κ1) is 30.7. The fourth-order valence-electron chi connectivity index (χ4n) is 5.04. The molecule has 44 heavy (non-hydrogen) atoms. The minimum Gasteiger partial charge on any atom is -0.456 e. The first-order valence-electron chi connectivity index (χ1n) is 14.9. The van der Waals surface area contributed by atoms with Gasteiger partial charge in [-0.2, -0.15) is 5.10 Å². The highest BCUT2D eigenvalue weighted by atomic mass is 16.5. The summed E-state index contributed by atoms with van der Waals surface area (Å²) in [6.45, 7) is 6.57. The minimum absolute atomic E-state index is 0.0104. The Kier molecular flexibility index (Phi) is 10.2. The highest BCUT2D eigenvalue weighted by Crippen LogP contribution is 2.29. The van der Waals surface area contributed by atoms with E-state index in [1.54, 1.807) is 12.4 Å². The molecule has 1 amide bonds. The Bertz CT molecular complexity index is 1570. The van der Waals surface area contributed by atoms with E-state index in [9.17, 15) is 9.90 Å². The van der Waals surface area contributed by atoms with Crippen molar-refractivity contribution in [1.82, 2.24) is 25.4 Å². The zero-order valence-electron chi connectivity index (χ0n) is 24.8. The number of unbranched alkanes of at least 4 members (excludes halogenated alkanes) is 1. The number of carbonyl (C=O) groups is 1. The van der Waals surface area contributed by atoms with Crippen LogP contribution in [0.4, 0.5) is 11.5 Å². The van der Waals surface area contributed by atoms with E-state index in [1.165, 1.54) is 0 Å². The van der Waals surface area contributed by atoms with Crippen molar-refractivity contribution in [3.8, 4) is 17.2 Å². The van der Waals surface area contributed by atoms with Gasteiger partial charge in [0.2, 0.25) is 5.91 Å². The number of ether oxygens (including phenoxy) is 1. The number of nitrogens with zero attached hydrogens (tertiary/aromatic N) is 3. The van der Waals surface area contributed by atoms with Crippen molar-refractivity contribution < 1.29 is 19.7 Å². The molecule has 1 aliphatic heterocycles. The summed E-state index contributed by atoms with van der Waals surface area (Å²) >= 11 is 0. The number of rotatable bonds is 14. The highest BCUT2D eigenvalue weighted by Gasteiger charge is 2.27. The summed E-state index contributed by atoms with van der Waals surface area (Å²) in [7, 11) is 0. The molecule has 2 unspecified atom stereocenters. The van der Waals surface area contributed by atoms with Crippen LogP contribution in [0.1, 0.15) is 42.6 Å². The standard InChI is InChI=1S/C33H39N7O4/c1-3-4-7-25-18-31(38-22(2)37-24-8-5-9-28(17-24)44-29-10-6-14-34-20-29)40(39-25)26-11-12-30-23(16-26)13-15-35-32(30)33(43)36-19-27(42)21-41/h5-6,8-12,14,16-18,20,27,32,35,37-38,41-42H,2-4,7,13,15,19,21H2,1H3,(H,36,43). The zero-order chi connectivity index (χ0) is 30.9. The number of aromatic nitrogens is 3. The number of amides is 1. The Balaban J connectivity index is 1.33. The highest BCUT2D eigenvalue weighted by molar-refractivity contribution is 5.84. The van der Waals surface area contributed by atoms with E-state index in [0.29, 0.717) is 23.9 Å². The van der Waals surface area contributed by atoms with Crippen LogP contribution in [0.25, 0.3) is 5.69 Å². The molecular formula is C33H39N7O4. The second kappa shape index (κ2) is 14.6. The summed E-state index contributed by atoms with van der Waals surface area (Å²) in [5.74, 6) is 2.40. The molecular weight excluding hydrogens is 558 g/mol. The summed E-state index contributed by atoms with van der Waals surface area (Å²) in [5.41, 5.74) is 4.56. The molecule has 230 valence electrons. The van der Waals surface area contributed by atoms with Crippen LogP contribution in [0.2, 0.25) is 0 Å². The van der Waals surface area contributed by atoms with Crippen LogP contribution in [0.5, 0.6) is 11.5 Å². The van der Waals surface area contributed by atoms with Crippen molar-refractivity contribution in [3.63, 3.8) is 0 Å². The third kappa shape index (κ3) is 7.81. The van der Waals surface area contributed by atoms with Gasteiger partial charge in [-0.15, -0.1) is 0 Å². The number of aryl methyl sites for hydroxylation is 1. The van der Waals surface area contributed by atoms with Gasteiger partial charge in [0.25, 0.3) is 0 Å². The fraction of sp³-hybridized carbons (Fsp3) is 0.303. The lowest BCUT2D eigenvalue weighted by Gasteiger charge is -2.27. The normalized spacial score (nSPS) is 14.8. The van der Waals surface area contributed by atoms with Crippen LogP contribution in [0.3, 0.4) is 0 Å². The average Bonchev–Trinajstić information content (AvgIpc) is 3.44. The van der Waals surface area contributed by atoms with Gasteiger partial charge >= 0.3 is 0 Å². The Morgan fingerprint density at radius 2 is 2.02 bits per heavy atom. The summed E-state index contributed by atoms with van der Waals surface area (Å²) in [4.78, 5) is 17.0. The van der Waals surface area contributed by atoms with Gasteiger partial charge in [-0.25, -0.2) is 4.68 Å². The third-order valence-electron chi connectivity index (χ3n) is 7.23. The maximum Gasteiger partial charge on any atom is 0.241 e. The average molecular weight is 598 g/mol. The van der Waals surface area contributed by atoms with Crippen molar-refractivity contribution >= 4 is 17.4 Å². The number of aliphatic hydroxyl groups excluding tert-OH is 2. The number of hydrogen-bond acceptors (Lipinski definition) is 9. The Hall–Kier alpha value is -4.71. The van der Waals surface area contributed by atoms with Gasteiger partial charge in [0.05, 0.1) is 30.3 Å². The Labute approximate surface area is 257 Å². The first-order valence-corrected chi connectivity index (χ1v) is 14.9. The van der Waals surface area contributed by atoms with Crippen molar-refractivity contribution in [2.75, 3.05) is 30.3 Å². The summed E-state index contributed by atoms with van der Waals surface area (Å²) in [6.07, 6.45) is 6.06. The molecule has 1 aliphatic rings. The molecule has 0 saturated heterocycles. The predicted octanol–water partition coefficient (Wildman–Crippen LogP) is 4.05. The van der Waals surface area contributed by atoms with Gasteiger partial charge in [-0.3, -0.25) is 9.78 Å². The van der Waals surface area contributed by atoms with Crippen LogP contribution in [0.15, 0.2) is 85.5 Å². The van der Waals surface area contributed by atoms with Crippen LogP contribution < -0.4 is 26.0 Å². The van der Waals surface area contributed by atoms with Crippen molar-refractivity contribution in [2.45, 2.75) is 44.8 Å². The van der Waals surface area contributed by atoms with Crippen LogP contribution >= 0.6 is 0 Å². The number of benzene rings is 2. The number of hydrogen-bond donors (Lipinski definition) is 6. The molecule has 3 heterocycles. The maximum absolute atomic E-state index is 12.9. The van der Waals surface area contributed by atoms with Crippen LogP contribution in [-0.4, -0.2) is 56.7 Å².